The van der Waals surface area contributed by atoms with E-state index in [0.29, 0.717) is 27.6 Å². The number of rotatable bonds is 1. The second-order valence-electron chi connectivity index (χ2n) is 4.26. The minimum Gasteiger partial charge on any atom is -0.353 e. The summed E-state index contributed by atoms with van der Waals surface area (Å²) >= 11 is 5.91. The van der Waals surface area contributed by atoms with Crippen LogP contribution in [0.5, 0.6) is 0 Å². The molecular formula is C13H8ClN3O3. The zero-order valence-corrected chi connectivity index (χ0v) is 10.8. The van der Waals surface area contributed by atoms with Gasteiger partial charge >= 0.3 is 0 Å². The van der Waals surface area contributed by atoms with Crippen LogP contribution in [0.4, 0.5) is 22.7 Å². The first kappa shape index (κ1) is 12.4. The van der Waals surface area contributed by atoms with Crippen LogP contribution in [0.1, 0.15) is 10.4 Å². The molecule has 0 spiro atoms. The number of hydrogen-bond acceptors (Lipinski definition) is 4. The quantitative estimate of drug-likeness (QED) is 0.621. The molecule has 6 nitrogen and oxygen atoms in total. The third kappa shape index (κ3) is 2.06. The van der Waals surface area contributed by atoms with Gasteiger partial charge in [0, 0.05) is 17.2 Å². The molecule has 1 aliphatic rings. The normalized spacial score (nSPS) is 12.6. The number of non-ortho nitro benzene ring substituents is 1. The van der Waals surface area contributed by atoms with E-state index >= 15 is 0 Å². The summed E-state index contributed by atoms with van der Waals surface area (Å²) < 4.78 is 0. The molecule has 20 heavy (non-hydrogen) atoms. The molecule has 1 amide bonds. The molecule has 0 bridgehead atoms. The minimum absolute atomic E-state index is 0.0881. The Morgan fingerprint density at radius 3 is 2.55 bits per heavy atom. The van der Waals surface area contributed by atoms with Crippen molar-refractivity contribution in [1.82, 2.24) is 0 Å². The van der Waals surface area contributed by atoms with Crippen molar-refractivity contribution in [2.24, 2.45) is 0 Å². The molecule has 0 aromatic heterocycles. The van der Waals surface area contributed by atoms with Crippen LogP contribution >= 0.6 is 11.6 Å². The molecule has 0 unspecified atom stereocenters. The molecule has 2 aromatic rings. The number of carbonyl (C=O) groups is 1. The van der Waals surface area contributed by atoms with Crippen molar-refractivity contribution >= 4 is 40.3 Å². The van der Waals surface area contributed by atoms with Gasteiger partial charge in [-0.25, -0.2) is 0 Å². The standard InChI is InChI=1S/C13H8ClN3O3/c14-7-1-3-9-11(5-7)15-10-4-2-8(17(19)20)6-12(10)16-13(9)18/h1-6,15H,(H,16,18). The second-order valence-corrected chi connectivity index (χ2v) is 4.69. The van der Waals surface area contributed by atoms with E-state index in [-0.39, 0.29) is 11.6 Å². The number of nitrogens with zero attached hydrogens (tertiary/aromatic N) is 1. The second kappa shape index (κ2) is 4.50. The van der Waals surface area contributed by atoms with E-state index in [9.17, 15) is 14.9 Å². The fourth-order valence-corrected chi connectivity index (χ4v) is 2.18. The summed E-state index contributed by atoms with van der Waals surface area (Å²) in [6, 6.07) is 9.07. The third-order valence-corrected chi connectivity index (χ3v) is 3.19. The number of nitro groups is 1. The molecule has 2 N–H and O–H groups in total. The van der Waals surface area contributed by atoms with E-state index in [4.69, 9.17) is 11.6 Å². The van der Waals surface area contributed by atoms with Crippen LogP contribution in [-0.2, 0) is 0 Å². The summed E-state index contributed by atoms with van der Waals surface area (Å²) in [4.78, 5) is 22.4. The lowest BCUT2D eigenvalue weighted by atomic mass is 10.1. The van der Waals surface area contributed by atoms with Gasteiger partial charge in [-0.05, 0) is 24.3 Å². The minimum atomic E-state index is -0.513. The first-order chi connectivity index (χ1) is 9.54. The molecular weight excluding hydrogens is 282 g/mol. The van der Waals surface area contributed by atoms with Gasteiger partial charge in [-0.2, -0.15) is 0 Å². The Bertz CT molecular complexity index is 746. The summed E-state index contributed by atoms with van der Waals surface area (Å²) in [6.07, 6.45) is 0. The van der Waals surface area contributed by atoms with Crippen LogP contribution in [0.15, 0.2) is 36.4 Å². The van der Waals surface area contributed by atoms with Crippen LogP contribution < -0.4 is 10.6 Å². The van der Waals surface area contributed by atoms with Crippen molar-refractivity contribution in [1.29, 1.82) is 0 Å². The zero-order valence-electron chi connectivity index (χ0n) is 10.0. The maximum absolute atomic E-state index is 12.1. The van der Waals surface area contributed by atoms with Gasteiger partial charge in [-0.15, -0.1) is 0 Å². The molecule has 1 heterocycles. The number of anilines is 3. The molecule has 1 aliphatic heterocycles. The molecule has 0 saturated heterocycles. The van der Waals surface area contributed by atoms with E-state index in [1.54, 1.807) is 24.3 Å². The molecule has 0 saturated carbocycles. The monoisotopic (exact) mass is 289 g/mol. The highest BCUT2D eigenvalue weighted by molar-refractivity contribution is 6.31. The van der Waals surface area contributed by atoms with Crippen LogP contribution in [-0.4, -0.2) is 10.8 Å². The number of amides is 1. The number of benzene rings is 2. The Hall–Kier alpha value is -2.60. The van der Waals surface area contributed by atoms with Gasteiger partial charge in [0.25, 0.3) is 11.6 Å². The van der Waals surface area contributed by atoms with Crippen LogP contribution in [0.2, 0.25) is 5.02 Å². The highest BCUT2D eigenvalue weighted by Crippen LogP contribution is 2.35. The number of nitro benzene ring substituents is 1. The Labute approximate surface area is 118 Å². The highest BCUT2D eigenvalue weighted by atomic mass is 35.5. The number of carbonyl (C=O) groups excluding carboxylic acids is 1. The summed E-state index contributed by atoms with van der Waals surface area (Å²) in [5, 5.41) is 17.0. The molecule has 0 radical (unpaired) electrons. The Kier molecular flexibility index (Phi) is 2.80. The van der Waals surface area contributed by atoms with Crippen molar-refractivity contribution in [2.45, 2.75) is 0 Å². The fraction of sp³-hybridized carbons (Fsp3) is 0. The van der Waals surface area contributed by atoms with Crippen LogP contribution in [0.25, 0.3) is 0 Å². The van der Waals surface area contributed by atoms with Crippen LogP contribution in [0, 0.1) is 10.1 Å². The van der Waals surface area contributed by atoms with Crippen molar-refractivity contribution in [3.05, 3.63) is 57.1 Å². The fourth-order valence-electron chi connectivity index (χ4n) is 2.01. The van der Waals surface area contributed by atoms with Gasteiger partial charge in [-0.3, -0.25) is 14.9 Å². The summed E-state index contributed by atoms with van der Waals surface area (Å²) in [7, 11) is 0. The van der Waals surface area contributed by atoms with Gasteiger partial charge in [0.05, 0.1) is 27.5 Å². The maximum Gasteiger partial charge on any atom is 0.271 e. The number of hydrogen-bond donors (Lipinski definition) is 2. The molecule has 0 fully saturated rings. The molecule has 7 heteroatoms. The predicted octanol–water partition coefficient (Wildman–Crippen LogP) is 3.56. The third-order valence-electron chi connectivity index (χ3n) is 2.96. The lowest BCUT2D eigenvalue weighted by Gasteiger charge is -2.08. The SMILES string of the molecule is O=C1Nc2cc([N+](=O)[O-])ccc2Nc2cc(Cl)ccc21. The van der Waals surface area contributed by atoms with Gasteiger partial charge in [-0.1, -0.05) is 11.6 Å². The van der Waals surface area contributed by atoms with Crippen molar-refractivity contribution in [3.8, 4) is 0 Å². The molecule has 0 atom stereocenters. The topological polar surface area (TPSA) is 84.3 Å². The molecule has 2 aromatic carbocycles. The number of halogens is 1. The van der Waals surface area contributed by atoms with Crippen LogP contribution in [0.3, 0.4) is 0 Å². The lowest BCUT2D eigenvalue weighted by Crippen LogP contribution is -2.10. The van der Waals surface area contributed by atoms with E-state index in [1.807, 2.05) is 0 Å². The van der Waals surface area contributed by atoms with Gasteiger partial charge < -0.3 is 10.6 Å². The van der Waals surface area contributed by atoms with Crippen molar-refractivity contribution < 1.29 is 9.72 Å². The smallest absolute Gasteiger partial charge is 0.271 e. The first-order valence-electron chi connectivity index (χ1n) is 5.71. The zero-order chi connectivity index (χ0) is 14.3. The van der Waals surface area contributed by atoms with E-state index in [1.165, 1.54) is 12.1 Å². The average Bonchev–Trinajstić information content (AvgIpc) is 2.53. The van der Waals surface area contributed by atoms with E-state index < -0.39 is 4.92 Å². The number of nitrogens with one attached hydrogen (secondary N) is 2. The first-order valence-corrected chi connectivity index (χ1v) is 6.09. The maximum atomic E-state index is 12.1. The Morgan fingerprint density at radius 1 is 1.00 bits per heavy atom. The lowest BCUT2D eigenvalue weighted by molar-refractivity contribution is -0.384. The molecule has 100 valence electrons. The van der Waals surface area contributed by atoms with Gasteiger partial charge in [0.15, 0.2) is 0 Å². The summed E-state index contributed by atoms with van der Waals surface area (Å²) in [6.45, 7) is 0. The molecule has 0 aliphatic carbocycles. The Morgan fingerprint density at radius 2 is 1.80 bits per heavy atom. The van der Waals surface area contributed by atoms with Gasteiger partial charge in [0.1, 0.15) is 0 Å². The Balaban J connectivity index is 2.12. The highest BCUT2D eigenvalue weighted by Gasteiger charge is 2.21. The van der Waals surface area contributed by atoms with Crippen molar-refractivity contribution in [2.75, 3.05) is 10.6 Å². The largest absolute Gasteiger partial charge is 0.353 e. The van der Waals surface area contributed by atoms with E-state index in [2.05, 4.69) is 10.6 Å². The van der Waals surface area contributed by atoms with Gasteiger partial charge in [0.2, 0.25) is 0 Å². The predicted molar refractivity (Wildman–Crippen MR) is 75.8 cm³/mol. The summed E-state index contributed by atoms with van der Waals surface area (Å²) in [5.41, 5.74) is 1.83. The summed E-state index contributed by atoms with van der Waals surface area (Å²) in [5.74, 6) is -0.344. The average molecular weight is 290 g/mol. The van der Waals surface area contributed by atoms with E-state index in [0.717, 1.165) is 0 Å². The molecule has 3 rings (SSSR count). The van der Waals surface area contributed by atoms with Crippen molar-refractivity contribution in [3.63, 3.8) is 0 Å². The number of fused-ring (bicyclic) bond motifs is 2.